The van der Waals surface area contributed by atoms with Crippen molar-refractivity contribution in [3.05, 3.63) is 59.2 Å². The summed E-state index contributed by atoms with van der Waals surface area (Å²) >= 11 is 6.00. The van der Waals surface area contributed by atoms with Crippen molar-refractivity contribution in [2.45, 2.75) is 26.7 Å². The van der Waals surface area contributed by atoms with Gasteiger partial charge in [0.25, 0.3) is 0 Å². The number of halogens is 1. The van der Waals surface area contributed by atoms with Gasteiger partial charge in [-0.05, 0) is 23.6 Å². The van der Waals surface area contributed by atoms with Gasteiger partial charge in [0.1, 0.15) is 5.76 Å². The molecule has 0 saturated heterocycles. The molecule has 1 aliphatic carbocycles. The number of hydrogen-bond acceptors (Lipinski definition) is 4. The van der Waals surface area contributed by atoms with E-state index in [1.165, 1.54) is 0 Å². The number of aromatic nitrogens is 3. The number of allylic oxidation sites excluding steroid dienone is 2. The Labute approximate surface area is 156 Å². The minimum atomic E-state index is -0.260. The first-order valence-electron chi connectivity index (χ1n) is 8.40. The molecule has 0 unspecified atom stereocenters. The maximum absolute atomic E-state index is 12.9. The number of hydrogen-bond donors (Lipinski definition) is 1. The van der Waals surface area contributed by atoms with Gasteiger partial charge in [-0.1, -0.05) is 37.6 Å². The predicted molar refractivity (Wildman–Crippen MR) is 101 cm³/mol. The molecule has 0 bridgehead atoms. The van der Waals surface area contributed by atoms with E-state index in [1.807, 2.05) is 26.0 Å². The molecular formula is C20H18ClN3O2. The molecular weight excluding hydrogens is 350 g/mol. The number of fused-ring (bicyclic) bond motifs is 1. The summed E-state index contributed by atoms with van der Waals surface area (Å²) in [5, 5.41) is 11.3. The van der Waals surface area contributed by atoms with Gasteiger partial charge in [0.05, 0.1) is 17.0 Å². The smallest absolute Gasteiger partial charge is 0.234 e. The molecule has 1 N–H and O–H groups in total. The summed E-state index contributed by atoms with van der Waals surface area (Å²) in [5.41, 5.74) is 2.06. The highest BCUT2D eigenvalue weighted by Crippen LogP contribution is 2.41. The van der Waals surface area contributed by atoms with Crippen LogP contribution in [-0.4, -0.2) is 25.3 Å². The van der Waals surface area contributed by atoms with Gasteiger partial charge in [-0.25, -0.2) is 9.97 Å². The molecule has 0 fully saturated rings. The summed E-state index contributed by atoms with van der Waals surface area (Å²) in [6.07, 6.45) is 4.27. The highest BCUT2D eigenvalue weighted by atomic mass is 35.5. The maximum atomic E-state index is 12.9. The highest BCUT2D eigenvalue weighted by molar-refractivity contribution is 6.30. The lowest BCUT2D eigenvalue weighted by molar-refractivity contribution is -0.116. The summed E-state index contributed by atoms with van der Waals surface area (Å²) in [6.45, 7) is 3.96. The number of Topliss-reactive ketones (excluding diaryl/α,β-unsaturated/α-hetero) is 1. The Balaban J connectivity index is 2.01. The minimum Gasteiger partial charge on any atom is -0.511 e. The number of carbonyl (C=O) groups excluding carboxylic acids is 1. The number of ketones is 1. The Morgan fingerprint density at radius 2 is 1.92 bits per heavy atom. The fraction of sp³-hybridized carbons (Fsp3) is 0.250. The normalized spacial score (nSPS) is 17.1. The average molecular weight is 368 g/mol. The first kappa shape index (κ1) is 16.8. The largest absolute Gasteiger partial charge is 0.511 e. The summed E-state index contributed by atoms with van der Waals surface area (Å²) in [6, 6.07) is 9.03. The van der Waals surface area contributed by atoms with E-state index in [-0.39, 0.29) is 17.0 Å². The van der Waals surface area contributed by atoms with E-state index in [0.717, 1.165) is 5.56 Å². The summed E-state index contributed by atoms with van der Waals surface area (Å²) < 4.78 is 1.76. The SMILES string of the molecule is CC1(C)CC(=O)C(c2c(-c3ccc(Cl)cc3)nc3ncccn23)=C(O)C1. The quantitative estimate of drug-likeness (QED) is 0.712. The molecule has 0 radical (unpaired) electrons. The zero-order valence-electron chi connectivity index (χ0n) is 14.5. The molecule has 4 rings (SSSR count). The Kier molecular flexibility index (Phi) is 3.84. The molecule has 1 aliphatic rings. The molecule has 0 amide bonds. The van der Waals surface area contributed by atoms with E-state index < -0.39 is 0 Å². The molecule has 0 spiro atoms. The van der Waals surface area contributed by atoms with Crippen LogP contribution in [-0.2, 0) is 4.79 Å². The molecule has 1 aromatic carbocycles. The number of carbonyl (C=O) groups is 1. The Bertz CT molecular complexity index is 1050. The zero-order chi connectivity index (χ0) is 18.5. The second kappa shape index (κ2) is 5.95. The average Bonchev–Trinajstić information content (AvgIpc) is 2.93. The summed E-state index contributed by atoms with van der Waals surface area (Å²) in [7, 11) is 0. The van der Waals surface area contributed by atoms with E-state index in [1.54, 1.807) is 35.0 Å². The van der Waals surface area contributed by atoms with Crippen molar-refractivity contribution in [1.82, 2.24) is 14.4 Å². The van der Waals surface area contributed by atoms with Gasteiger partial charge in [-0.2, -0.15) is 0 Å². The third-order valence-electron chi connectivity index (χ3n) is 4.61. The van der Waals surface area contributed by atoms with Gasteiger partial charge in [-0.3, -0.25) is 9.20 Å². The Morgan fingerprint density at radius 3 is 2.62 bits per heavy atom. The molecule has 0 atom stereocenters. The van der Waals surface area contributed by atoms with Crippen molar-refractivity contribution >= 4 is 28.7 Å². The van der Waals surface area contributed by atoms with Crippen LogP contribution in [0.4, 0.5) is 0 Å². The lowest BCUT2D eigenvalue weighted by atomic mass is 9.75. The van der Waals surface area contributed by atoms with E-state index >= 15 is 0 Å². The second-order valence-electron chi connectivity index (χ2n) is 7.37. The molecule has 132 valence electrons. The van der Waals surface area contributed by atoms with Crippen molar-refractivity contribution in [3.8, 4) is 11.3 Å². The minimum absolute atomic E-state index is 0.0837. The van der Waals surface area contributed by atoms with E-state index in [2.05, 4.69) is 9.97 Å². The van der Waals surface area contributed by atoms with Gasteiger partial charge in [0.15, 0.2) is 5.78 Å². The molecule has 26 heavy (non-hydrogen) atoms. The lowest BCUT2D eigenvalue weighted by Gasteiger charge is -2.29. The topological polar surface area (TPSA) is 67.5 Å². The van der Waals surface area contributed by atoms with Crippen LogP contribution in [0.25, 0.3) is 22.6 Å². The van der Waals surface area contributed by atoms with Gasteiger partial charge < -0.3 is 5.11 Å². The number of benzene rings is 1. The first-order chi connectivity index (χ1) is 12.4. The molecule has 3 aromatic rings. The molecule has 5 nitrogen and oxygen atoms in total. The van der Waals surface area contributed by atoms with Crippen molar-refractivity contribution in [2.75, 3.05) is 0 Å². The first-order valence-corrected chi connectivity index (χ1v) is 8.78. The van der Waals surface area contributed by atoms with Crippen LogP contribution in [0.1, 0.15) is 32.4 Å². The number of nitrogens with zero attached hydrogens (tertiary/aromatic N) is 3. The van der Waals surface area contributed by atoms with Crippen molar-refractivity contribution in [2.24, 2.45) is 5.41 Å². The molecule has 0 saturated carbocycles. The van der Waals surface area contributed by atoms with Crippen LogP contribution < -0.4 is 0 Å². The Hall–Kier alpha value is -2.66. The van der Waals surface area contributed by atoms with Crippen LogP contribution in [0, 0.1) is 5.41 Å². The van der Waals surface area contributed by atoms with Crippen molar-refractivity contribution in [1.29, 1.82) is 0 Å². The Morgan fingerprint density at radius 1 is 1.19 bits per heavy atom. The zero-order valence-corrected chi connectivity index (χ0v) is 15.3. The van der Waals surface area contributed by atoms with Gasteiger partial charge in [0, 0.05) is 35.8 Å². The van der Waals surface area contributed by atoms with Crippen LogP contribution in [0.5, 0.6) is 0 Å². The fourth-order valence-corrected chi connectivity index (χ4v) is 3.62. The van der Waals surface area contributed by atoms with Gasteiger partial charge in [0.2, 0.25) is 5.78 Å². The molecule has 2 heterocycles. The number of aliphatic hydroxyl groups is 1. The van der Waals surface area contributed by atoms with Crippen molar-refractivity contribution in [3.63, 3.8) is 0 Å². The van der Waals surface area contributed by atoms with Crippen LogP contribution in [0.3, 0.4) is 0 Å². The van der Waals surface area contributed by atoms with Crippen LogP contribution >= 0.6 is 11.6 Å². The highest BCUT2D eigenvalue weighted by Gasteiger charge is 2.36. The third-order valence-corrected chi connectivity index (χ3v) is 4.86. The van der Waals surface area contributed by atoms with Gasteiger partial charge >= 0.3 is 0 Å². The molecule has 0 aliphatic heterocycles. The van der Waals surface area contributed by atoms with E-state index in [4.69, 9.17) is 11.6 Å². The number of aliphatic hydroxyl groups excluding tert-OH is 1. The van der Waals surface area contributed by atoms with Crippen LogP contribution in [0.15, 0.2) is 48.5 Å². The predicted octanol–water partition coefficient (Wildman–Crippen LogP) is 4.71. The third kappa shape index (κ3) is 2.78. The molecule has 6 heteroatoms. The lowest BCUT2D eigenvalue weighted by Crippen LogP contribution is -2.25. The van der Waals surface area contributed by atoms with E-state index in [9.17, 15) is 9.90 Å². The number of imidazole rings is 1. The summed E-state index contributed by atoms with van der Waals surface area (Å²) in [5.74, 6) is 0.497. The van der Waals surface area contributed by atoms with E-state index in [0.29, 0.717) is 40.6 Å². The number of rotatable bonds is 2. The van der Waals surface area contributed by atoms with Crippen molar-refractivity contribution < 1.29 is 9.90 Å². The second-order valence-corrected chi connectivity index (χ2v) is 7.80. The summed E-state index contributed by atoms with van der Waals surface area (Å²) in [4.78, 5) is 21.8. The monoisotopic (exact) mass is 367 g/mol. The fourth-order valence-electron chi connectivity index (χ4n) is 3.49. The molecule has 2 aromatic heterocycles. The standard InChI is InChI=1S/C20H18ClN3O2/c1-20(2)10-14(25)16(15(26)11-20)18-17(12-4-6-13(21)7-5-12)23-19-22-8-3-9-24(18)19/h3-9,25H,10-11H2,1-2H3. The maximum Gasteiger partial charge on any atom is 0.234 e. The van der Waals surface area contributed by atoms with Gasteiger partial charge in [-0.15, -0.1) is 0 Å². The van der Waals surface area contributed by atoms with Crippen LogP contribution in [0.2, 0.25) is 5.02 Å².